The molecule has 0 atom stereocenters. The molecule has 4 rings (SSSR count). The molecule has 2 aliphatic rings. The minimum absolute atomic E-state index is 0.0876. The lowest BCUT2D eigenvalue weighted by Crippen LogP contribution is -2.45. The Kier molecular flexibility index (Phi) is 8.06. The minimum Gasteiger partial charge on any atom is -0.341 e. The van der Waals surface area contributed by atoms with Gasteiger partial charge in [0, 0.05) is 51.7 Å². The number of amides is 1. The maximum Gasteiger partial charge on any atom is 0.243 e. The van der Waals surface area contributed by atoms with Gasteiger partial charge >= 0.3 is 0 Å². The van der Waals surface area contributed by atoms with E-state index in [1.807, 2.05) is 23.1 Å². The van der Waals surface area contributed by atoms with Crippen LogP contribution < -0.4 is 0 Å². The fourth-order valence-electron chi connectivity index (χ4n) is 4.97. The third kappa shape index (κ3) is 5.88. The van der Waals surface area contributed by atoms with Crippen molar-refractivity contribution < 1.29 is 13.2 Å². The van der Waals surface area contributed by atoms with E-state index in [0.29, 0.717) is 36.7 Å². The zero-order valence-corrected chi connectivity index (χ0v) is 21.2. The molecule has 2 heterocycles. The molecule has 2 saturated heterocycles. The highest BCUT2D eigenvalue weighted by atomic mass is 32.2. The van der Waals surface area contributed by atoms with Crippen molar-refractivity contribution in [1.29, 1.82) is 0 Å². The second-order valence-electron chi connectivity index (χ2n) is 9.84. The summed E-state index contributed by atoms with van der Waals surface area (Å²) in [6.45, 7) is 9.30. The summed E-state index contributed by atoms with van der Waals surface area (Å²) in [5.74, 6) is 0.471. The maximum absolute atomic E-state index is 13.2. The number of carbonyl (C=O) groups is 1. The normalized spacial score (nSPS) is 19.3. The monoisotopic (exact) mass is 483 g/mol. The van der Waals surface area contributed by atoms with E-state index < -0.39 is 10.0 Å². The first-order valence-corrected chi connectivity index (χ1v) is 13.9. The Bertz CT molecular complexity index is 1050. The Labute approximate surface area is 204 Å². The van der Waals surface area contributed by atoms with E-state index in [1.54, 1.807) is 16.4 Å². The Balaban J connectivity index is 1.30. The number of rotatable bonds is 6. The molecule has 34 heavy (non-hydrogen) atoms. The molecular weight excluding hydrogens is 446 g/mol. The molecule has 1 amide bonds. The summed E-state index contributed by atoms with van der Waals surface area (Å²) >= 11 is 0. The minimum atomic E-state index is -3.52. The number of hydrogen-bond donors (Lipinski definition) is 0. The summed E-state index contributed by atoms with van der Waals surface area (Å²) in [4.78, 5) is 18.0. The molecule has 6 nitrogen and oxygen atoms in total. The van der Waals surface area contributed by atoms with Gasteiger partial charge in [0.15, 0.2) is 0 Å². The van der Waals surface area contributed by atoms with E-state index >= 15 is 0 Å². The highest BCUT2D eigenvalue weighted by Gasteiger charge is 2.34. The van der Waals surface area contributed by atoms with Gasteiger partial charge in [0.25, 0.3) is 0 Å². The van der Waals surface area contributed by atoms with Gasteiger partial charge in [-0.2, -0.15) is 4.31 Å². The van der Waals surface area contributed by atoms with E-state index in [9.17, 15) is 13.2 Å². The van der Waals surface area contributed by atoms with Gasteiger partial charge in [-0.15, -0.1) is 0 Å². The number of carbonyl (C=O) groups excluding carboxylic acids is 1. The summed E-state index contributed by atoms with van der Waals surface area (Å²) in [5, 5.41) is 0. The van der Waals surface area contributed by atoms with Crippen LogP contribution in [0, 0.1) is 5.92 Å². The van der Waals surface area contributed by atoms with Crippen molar-refractivity contribution in [3.8, 4) is 0 Å². The van der Waals surface area contributed by atoms with E-state index in [2.05, 4.69) is 43.0 Å². The van der Waals surface area contributed by atoms with Crippen LogP contribution in [-0.2, 0) is 21.4 Å². The van der Waals surface area contributed by atoms with E-state index in [-0.39, 0.29) is 11.8 Å². The summed E-state index contributed by atoms with van der Waals surface area (Å²) in [6, 6.07) is 17.7. The van der Waals surface area contributed by atoms with Crippen LogP contribution in [0.3, 0.4) is 0 Å². The van der Waals surface area contributed by atoms with Gasteiger partial charge in [-0.05, 0) is 48.4 Å². The van der Waals surface area contributed by atoms with Crippen LogP contribution in [0.4, 0.5) is 0 Å². The van der Waals surface area contributed by atoms with Gasteiger partial charge in [0.05, 0.1) is 4.90 Å². The van der Waals surface area contributed by atoms with Gasteiger partial charge in [-0.1, -0.05) is 56.3 Å². The second kappa shape index (κ2) is 11.0. The smallest absolute Gasteiger partial charge is 0.243 e. The van der Waals surface area contributed by atoms with E-state index in [4.69, 9.17) is 0 Å². The van der Waals surface area contributed by atoms with Crippen LogP contribution in [0.25, 0.3) is 0 Å². The van der Waals surface area contributed by atoms with Gasteiger partial charge in [0.2, 0.25) is 15.9 Å². The van der Waals surface area contributed by atoms with Gasteiger partial charge < -0.3 is 4.90 Å². The standard InChI is InChI=1S/C27H37N3O3S/c1-22(2)24-9-11-26(12-10-24)34(32,33)30-17-13-25(14-18-30)27(31)29-16-6-15-28(19-20-29)21-23-7-4-3-5-8-23/h3-5,7-12,22,25H,6,13-21H2,1-2H3. The summed E-state index contributed by atoms with van der Waals surface area (Å²) in [7, 11) is -3.52. The van der Waals surface area contributed by atoms with E-state index in [0.717, 1.165) is 44.7 Å². The molecule has 0 N–H and O–H groups in total. The van der Waals surface area contributed by atoms with Crippen molar-refractivity contribution in [3.05, 3.63) is 65.7 Å². The van der Waals surface area contributed by atoms with Crippen LogP contribution in [-0.4, -0.2) is 67.7 Å². The molecule has 0 bridgehead atoms. The Hall–Kier alpha value is -2.22. The molecule has 184 valence electrons. The largest absolute Gasteiger partial charge is 0.341 e. The van der Waals surface area contributed by atoms with Crippen LogP contribution in [0.15, 0.2) is 59.5 Å². The number of hydrogen-bond acceptors (Lipinski definition) is 4. The molecule has 0 spiro atoms. The molecule has 0 saturated carbocycles. The number of benzene rings is 2. The first-order valence-electron chi connectivity index (χ1n) is 12.5. The van der Waals surface area contributed by atoms with Crippen LogP contribution in [0.2, 0.25) is 0 Å². The lowest BCUT2D eigenvalue weighted by molar-refractivity contribution is -0.136. The topological polar surface area (TPSA) is 60.9 Å². The van der Waals surface area contributed by atoms with E-state index in [1.165, 1.54) is 5.56 Å². The predicted molar refractivity (Wildman–Crippen MR) is 135 cm³/mol. The first-order chi connectivity index (χ1) is 16.3. The highest BCUT2D eigenvalue weighted by Crippen LogP contribution is 2.26. The lowest BCUT2D eigenvalue weighted by Gasteiger charge is -2.33. The zero-order chi connectivity index (χ0) is 24.1. The highest BCUT2D eigenvalue weighted by molar-refractivity contribution is 7.89. The quantitative estimate of drug-likeness (QED) is 0.624. The van der Waals surface area contributed by atoms with Crippen LogP contribution in [0.5, 0.6) is 0 Å². The van der Waals surface area contributed by atoms with Crippen molar-refractivity contribution >= 4 is 15.9 Å². The number of nitrogens with zero attached hydrogens (tertiary/aromatic N) is 3. The zero-order valence-electron chi connectivity index (χ0n) is 20.4. The van der Waals surface area contributed by atoms with Gasteiger partial charge in [0.1, 0.15) is 0 Å². The SMILES string of the molecule is CC(C)c1ccc(S(=O)(=O)N2CCC(C(=O)N3CCCN(Cc4ccccc4)CC3)CC2)cc1. The van der Waals surface area contributed by atoms with Crippen LogP contribution in [0.1, 0.15) is 50.2 Å². The Morgan fingerprint density at radius 3 is 2.21 bits per heavy atom. The molecule has 0 aromatic heterocycles. The molecule has 0 unspecified atom stereocenters. The molecule has 2 aliphatic heterocycles. The fraction of sp³-hybridized carbons (Fsp3) is 0.519. The predicted octanol–water partition coefficient (Wildman–Crippen LogP) is 3.95. The van der Waals surface area contributed by atoms with Gasteiger partial charge in [-0.3, -0.25) is 9.69 Å². The average molecular weight is 484 g/mol. The second-order valence-corrected chi connectivity index (χ2v) is 11.8. The lowest BCUT2D eigenvalue weighted by atomic mass is 9.96. The molecule has 0 radical (unpaired) electrons. The summed E-state index contributed by atoms with van der Waals surface area (Å²) in [6.07, 6.45) is 2.15. The van der Waals surface area contributed by atoms with Crippen molar-refractivity contribution in [3.63, 3.8) is 0 Å². The summed E-state index contributed by atoms with van der Waals surface area (Å²) in [5.41, 5.74) is 2.43. The average Bonchev–Trinajstić information content (AvgIpc) is 3.10. The fourth-order valence-corrected chi connectivity index (χ4v) is 6.44. The third-order valence-electron chi connectivity index (χ3n) is 7.14. The van der Waals surface area contributed by atoms with Crippen LogP contribution >= 0.6 is 0 Å². The maximum atomic E-state index is 13.2. The molecule has 2 fully saturated rings. The van der Waals surface area contributed by atoms with Gasteiger partial charge in [-0.25, -0.2) is 8.42 Å². The molecule has 0 aliphatic carbocycles. The number of piperidine rings is 1. The summed E-state index contributed by atoms with van der Waals surface area (Å²) < 4.78 is 27.8. The molecule has 7 heteroatoms. The Morgan fingerprint density at radius 1 is 0.882 bits per heavy atom. The van der Waals surface area contributed by atoms with Crippen molar-refractivity contribution in [1.82, 2.24) is 14.1 Å². The molecular formula is C27H37N3O3S. The molecule has 2 aromatic carbocycles. The van der Waals surface area contributed by atoms with Crippen molar-refractivity contribution in [2.75, 3.05) is 39.3 Å². The third-order valence-corrected chi connectivity index (χ3v) is 9.05. The molecule has 2 aromatic rings. The van der Waals surface area contributed by atoms with Crippen molar-refractivity contribution in [2.45, 2.75) is 50.5 Å². The Morgan fingerprint density at radius 2 is 1.56 bits per heavy atom. The van der Waals surface area contributed by atoms with Crippen molar-refractivity contribution in [2.24, 2.45) is 5.92 Å². The first kappa shape index (κ1) is 24.9. The number of sulfonamides is 1.